The molecule has 0 heterocycles. The summed E-state index contributed by atoms with van der Waals surface area (Å²) in [7, 11) is 0. The summed E-state index contributed by atoms with van der Waals surface area (Å²) < 4.78 is 51.2. The third-order valence-corrected chi connectivity index (χ3v) is 2.43. The molecule has 0 radical (unpaired) electrons. The zero-order chi connectivity index (χ0) is 13.4. The number of hydrogen-bond donors (Lipinski definition) is 0. The molecule has 0 aliphatic carbocycles. The largest absolute Gasteiger partial charge is 0.416 e. The molecular weight excluding hydrogens is 256 g/mol. The summed E-state index contributed by atoms with van der Waals surface area (Å²) >= 11 is 5.48. The van der Waals surface area contributed by atoms with E-state index in [0.717, 1.165) is 6.07 Å². The molecule has 0 unspecified atom stereocenters. The highest BCUT2D eigenvalue weighted by Crippen LogP contribution is 2.35. The van der Waals surface area contributed by atoms with Gasteiger partial charge in [0.05, 0.1) is 10.6 Å². The smallest absolute Gasteiger partial charge is 0.205 e. The van der Waals surface area contributed by atoms with Crippen LogP contribution in [0.15, 0.2) is 12.1 Å². The lowest BCUT2D eigenvalue weighted by Gasteiger charge is -2.20. The highest BCUT2D eigenvalue weighted by molar-refractivity contribution is 6.30. The van der Waals surface area contributed by atoms with Gasteiger partial charge in [0, 0.05) is 0 Å². The second-order valence-electron chi connectivity index (χ2n) is 5.17. The van der Waals surface area contributed by atoms with E-state index in [9.17, 15) is 17.6 Å². The number of alkyl halides is 3. The van der Waals surface area contributed by atoms with E-state index in [1.165, 1.54) is 0 Å². The topological polar surface area (TPSA) is 0 Å². The Morgan fingerprint density at radius 3 is 2.06 bits per heavy atom. The molecule has 0 aliphatic heterocycles. The Kier molecular flexibility index (Phi) is 3.77. The minimum atomic E-state index is -4.51. The summed E-state index contributed by atoms with van der Waals surface area (Å²) in [5.41, 5.74) is -1.23. The Morgan fingerprint density at radius 1 is 1.12 bits per heavy atom. The van der Waals surface area contributed by atoms with Crippen molar-refractivity contribution in [2.75, 3.05) is 0 Å². The van der Waals surface area contributed by atoms with E-state index in [0.29, 0.717) is 6.07 Å². The van der Waals surface area contributed by atoms with Crippen molar-refractivity contribution >= 4 is 11.6 Å². The van der Waals surface area contributed by atoms with E-state index in [2.05, 4.69) is 0 Å². The molecule has 17 heavy (non-hydrogen) atoms. The molecule has 0 aliphatic rings. The third kappa shape index (κ3) is 3.87. The fourth-order valence-corrected chi connectivity index (χ4v) is 1.75. The predicted octanol–water partition coefficient (Wildman–Crippen LogP) is 5.09. The molecule has 5 heteroatoms. The number of halogens is 5. The van der Waals surface area contributed by atoms with E-state index in [1.807, 2.05) is 20.8 Å². The van der Waals surface area contributed by atoms with Gasteiger partial charge in [-0.2, -0.15) is 13.2 Å². The van der Waals surface area contributed by atoms with Crippen LogP contribution < -0.4 is 0 Å². The van der Waals surface area contributed by atoms with E-state index < -0.39 is 22.6 Å². The molecule has 1 aromatic rings. The first-order valence-corrected chi connectivity index (χ1v) is 5.43. The summed E-state index contributed by atoms with van der Waals surface area (Å²) in [4.78, 5) is 0. The third-order valence-electron chi connectivity index (χ3n) is 2.15. The summed E-state index contributed by atoms with van der Waals surface area (Å²) in [5, 5.41) is -0.487. The van der Waals surface area contributed by atoms with Crippen molar-refractivity contribution in [2.45, 2.75) is 33.4 Å². The molecule has 0 amide bonds. The average molecular weight is 269 g/mol. The van der Waals surface area contributed by atoms with Crippen LogP contribution in [0, 0.1) is 11.2 Å². The lowest BCUT2D eigenvalue weighted by Crippen LogP contribution is -2.13. The van der Waals surface area contributed by atoms with Crippen LogP contribution in [0.2, 0.25) is 5.02 Å². The molecule has 0 saturated heterocycles. The minimum absolute atomic E-state index is 0.00248. The van der Waals surface area contributed by atoms with Gasteiger partial charge in [0.1, 0.15) is 5.82 Å². The second-order valence-corrected chi connectivity index (χ2v) is 5.57. The summed E-state index contributed by atoms with van der Waals surface area (Å²) in [6.45, 7) is 5.46. The molecule has 0 spiro atoms. The molecule has 0 atom stereocenters. The van der Waals surface area contributed by atoms with Gasteiger partial charge >= 0.3 is 6.18 Å². The molecule has 96 valence electrons. The zero-order valence-electron chi connectivity index (χ0n) is 9.75. The fraction of sp³-hybridized carbons (Fsp3) is 0.500. The second kappa shape index (κ2) is 4.48. The Labute approximate surface area is 103 Å². The van der Waals surface area contributed by atoms with E-state index >= 15 is 0 Å². The van der Waals surface area contributed by atoms with Gasteiger partial charge in [0.15, 0.2) is 0 Å². The Morgan fingerprint density at radius 2 is 1.65 bits per heavy atom. The standard InChI is InChI=1S/C12H13ClF4/c1-11(2,3)6-7-4-8(12(15,16)17)5-9(13)10(7)14/h4-5H,6H2,1-3H3. The van der Waals surface area contributed by atoms with Gasteiger partial charge in [-0.1, -0.05) is 32.4 Å². The van der Waals surface area contributed by atoms with E-state index in [4.69, 9.17) is 11.6 Å². The van der Waals surface area contributed by atoms with Crippen molar-refractivity contribution in [3.05, 3.63) is 34.1 Å². The van der Waals surface area contributed by atoms with Crippen molar-refractivity contribution in [3.63, 3.8) is 0 Å². The normalized spacial score (nSPS) is 12.9. The Hall–Kier alpha value is -0.770. The summed E-state index contributed by atoms with van der Waals surface area (Å²) in [6.07, 6.45) is -4.31. The number of hydrogen-bond acceptors (Lipinski definition) is 0. The number of benzene rings is 1. The number of rotatable bonds is 1. The van der Waals surface area contributed by atoms with Gasteiger partial charge in [0.2, 0.25) is 0 Å². The van der Waals surface area contributed by atoms with Crippen LogP contribution in [-0.2, 0) is 12.6 Å². The molecule has 0 N–H and O–H groups in total. The van der Waals surface area contributed by atoms with Crippen molar-refractivity contribution in [1.82, 2.24) is 0 Å². The highest BCUT2D eigenvalue weighted by atomic mass is 35.5. The summed E-state index contributed by atoms with van der Waals surface area (Å²) in [6, 6.07) is 1.44. The first-order chi connectivity index (χ1) is 7.50. The maximum absolute atomic E-state index is 13.6. The Balaban J connectivity index is 3.26. The van der Waals surface area contributed by atoms with Crippen LogP contribution in [-0.4, -0.2) is 0 Å². The minimum Gasteiger partial charge on any atom is -0.205 e. The van der Waals surface area contributed by atoms with Gasteiger partial charge in [-0.3, -0.25) is 0 Å². The van der Waals surface area contributed by atoms with Gasteiger partial charge < -0.3 is 0 Å². The van der Waals surface area contributed by atoms with Crippen molar-refractivity contribution in [1.29, 1.82) is 0 Å². The highest BCUT2D eigenvalue weighted by Gasteiger charge is 2.32. The van der Waals surface area contributed by atoms with Gasteiger partial charge in [-0.15, -0.1) is 0 Å². The molecule has 0 aromatic heterocycles. The van der Waals surface area contributed by atoms with E-state index in [-0.39, 0.29) is 17.4 Å². The first kappa shape index (κ1) is 14.3. The lowest BCUT2D eigenvalue weighted by molar-refractivity contribution is -0.137. The maximum atomic E-state index is 13.6. The van der Waals surface area contributed by atoms with E-state index in [1.54, 1.807) is 0 Å². The summed E-state index contributed by atoms with van der Waals surface area (Å²) in [5.74, 6) is -0.769. The van der Waals surface area contributed by atoms with Crippen LogP contribution in [0.5, 0.6) is 0 Å². The average Bonchev–Trinajstić information content (AvgIpc) is 2.08. The molecular formula is C12H13ClF4. The fourth-order valence-electron chi connectivity index (χ4n) is 1.51. The first-order valence-electron chi connectivity index (χ1n) is 5.06. The molecule has 0 fully saturated rings. The Bertz CT molecular complexity index is 416. The molecule has 1 rings (SSSR count). The van der Waals surface area contributed by atoms with Gasteiger partial charge in [-0.25, -0.2) is 4.39 Å². The lowest BCUT2D eigenvalue weighted by atomic mass is 9.87. The SMILES string of the molecule is CC(C)(C)Cc1cc(C(F)(F)F)cc(Cl)c1F. The molecule has 1 aromatic carbocycles. The molecule has 0 nitrogen and oxygen atoms in total. The van der Waals surface area contributed by atoms with Crippen LogP contribution in [0.4, 0.5) is 17.6 Å². The van der Waals surface area contributed by atoms with Crippen LogP contribution in [0.3, 0.4) is 0 Å². The van der Waals surface area contributed by atoms with Crippen molar-refractivity contribution < 1.29 is 17.6 Å². The van der Waals surface area contributed by atoms with Crippen LogP contribution in [0.1, 0.15) is 31.9 Å². The monoisotopic (exact) mass is 268 g/mol. The van der Waals surface area contributed by atoms with Crippen molar-refractivity contribution in [2.24, 2.45) is 5.41 Å². The zero-order valence-corrected chi connectivity index (χ0v) is 10.5. The van der Waals surface area contributed by atoms with Gasteiger partial charge in [0.25, 0.3) is 0 Å². The quantitative estimate of drug-likeness (QED) is 0.623. The van der Waals surface area contributed by atoms with Crippen LogP contribution in [0.25, 0.3) is 0 Å². The van der Waals surface area contributed by atoms with Crippen LogP contribution >= 0.6 is 11.6 Å². The predicted molar refractivity (Wildman–Crippen MR) is 59.6 cm³/mol. The van der Waals surface area contributed by atoms with Crippen molar-refractivity contribution in [3.8, 4) is 0 Å². The van der Waals surface area contributed by atoms with Gasteiger partial charge in [-0.05, 0) is 29.5 Å². The molecule has 0 saturated carbocycles. The molecule has 0 bridgehead atoms. The maximum Gasteiger partial charge on any atom is 0.416 e.